The Kier molecular flexibility index (Phi) is 6.84. The van der Waals surface area contributed by atoms with Crippen LogP contribution in [0.5, 0.6) is 0 Å². The van der Waals surface area contributed by atoms with Crippen LogP contribution in [0.4, 0.5) is 0 Å². The van der Waals surface area contributed by atoms with Gasteiger partial charge in [-0.2, -0.15) is 10.4 Å². The first kappa shape index (κ1) is 22.3. The van der Waals surface area contributed by atoms with Gasteiger partial charge in [-0.3, -0.25) is 4.79 Å². The highest BCUT2D eigenvalue weighted by Gasteiger charge is 2.21. The summed E-state index contributed by atoms with van der Waals surface area (Å²) in [5.41, 5.74) is 6.35. The number of nitrogens with zero attached hydrogens (tertiary/aromatic N) is 4. The summed E-state index contributed by atoms with van der Waals surface area (Å²) < 4.78 is 12.7. The molecule has 33 heavy (non-hydrogen) atoms. The molecule has 0 saturated carbocycles. The van der Waals surface area contributed by atoms with Crippen molar-refractivity contribution in [2.24, 2.45) is 0 Å². The number of rotatable bonds is 9. The molecule has 7 nitrogen and oxygen atoms in total. The van der Waals surface area contributed by atoms with Crippen molar-refractivity contribution >= 4 is 11.5 Å². The zero-order valence-corrected chi connectivity index (χ0v) is 18.9. The van der Waals surface area contributed by atoms with Gasteiger partial charge >= 0.3 is 5.97 Å². The molecule has 3 aromatic heterocycles. The average Bonchev–Trinajstić information content (AvgIpc) is 3.51. The first-order chi connectivity index (χ1) is 16.2. The van der Waals surface area contributed by atoms with E-state index in [-0.39, 0.29) is 5.97 Å². The number of carbonyl (C=O) groups is 1. The highest BCUT2D eigenvalue weighted by molar-refractivity contribution is 5.87. The van der Waals surface area contributed by atoms with E-state index in [9.17, 15) is 10.1 Å². The summed E-state index contributed by atoms with van der Waals surface area (Å²) in [6, 6.07) is 14.0. The third kappa shape index (κ3) is 4.65. The number of carbonyl (C=O) groups excluding carboxylic acids is 1. The quantitative estimate of drug-likeness (QED) is 0.256. The van der Waals surface area contributed by atoms with Crippen molar-refractivity contribution in [1.29, 1.82) is 5.26 Å². The van der Waals surface area contributed by atoms with Crippen LogP contribution in [0.15, 0.2) is 53.4 Å². The minimum absolute atomic E-state index is 0.178. The third-order valence-electron chi connectivity index (χ3n) is 5.65. The second kappa shape index (κ2) is 10.1. The van der Waals surface area contributed by atoms with Crippen LogP contribution in [0.3, 0.4) is 0 Å². The highest BCUT2D eigenvalue weighted by Crippen LogP contribution is 2.36. The lowest BCUT2D eigenvalue weighted by Crippen LogP contribution is -2.07. The molecule has 7 heteroatoms. The number of aryl methyl sites for hydroxylation is 1. The van der Waals surface area contributed by atoms with Gasteiger partial charge in [-0.1, -0.05) is 19.1 Å². The van der Waals surface area contributed by atoms with Crippen molar-refractivity contribution in [2.45, 2.75) is 46.0 Å². The Morgan fingerprint density at radius 1 is 1.21 bits per heavy atom. The number of esters is 1. The lowest BCUT2D eigenvalue weighted by molar-refractivity contribution is -0.143. The molecule has 0 atom stereocenters. The highest BCUT2D eigenvalue weighted by atomic mass is 16.5. The molecule has 0 aliphatic carbocycles. The third-order valence-corrected chi connectivity index (χ3v) is 5.65. The first-order valence-corrected chi connectivity index (χ1v) is 11.2. The fourth-order valence-electron chi connectivity index (χ4n) is 4.12. The van der Waals surface area contributed by atoms with E-state index in [1.165, 1.54) is 6.39 Å². The van der Waals surface area contributed by atoms with Crippen molar-refractivity contribution in [1.82, 2.24) is 14.6 Å². The van der Waals surface area contributed by atoms with Crippen LogP contribution in [0, 0.1) is 11.3 Å². The summed E-state index contributed by atoms with van der Waals surface area (Å²) in [7, 11) is 0. The van der Waals surface area contributed by atoms with Crippen LogP contribution < -0.4 is 0 Å². The minimum Gasteiger partial charge on any atom is -0.466 e. The van der Waals surface area contributed by atoms with Gasteiger partial charge in [0.15, 0.2) is 12.2 Å². The molecular formula is C26H26N4O3. The summed E-state index contributed by atoms with van der Waals surface area (Å²) in [5.74, 6) is 0.411. The van der Waals surface area contributed by atoms with E-state index < -0.39 is 0 Å². The number of aromatic nitrogens is 3. The van der Waals surface area contributed by atoms with Crippen LogP contribution in [-0.2, 0) is 22.4 Å². The molecule has 0 fully saturated rings. The summed E-state index contributed by atoms with van der Waals surface area (Å²) >= 11 is 0. The van der Waals surface area contributed by atoms with Gasteiger partial charge in [0.1, 0.15) is 5.69 Å². The Bertz CT molecular complexity index is 1300. The number of hydrogen-bond donors (Lipinski definition) is 0. The Labute approximate surface area is 192 Å². The summed E-state index contributed by atoms with van der Waals surface area (Å²) in [5, 5.41) is 14.4. The van der Waals surface area contributed by atoms with Crippen molar-refractivity contribution in [3.05, 3.63) is 65.8 Å². The summed E-state index contributed by atoms with van der Waals surface area (Å²) in [6.07, 6.45) is 6.46. The smallest absolute Gasteiger partial charge is 0.305 e. The SMILES string of the molecule is CCOC(=O)CCCCc1c(-c2cnco2)nn2c(CC)ccc2c1-c1cccc(C#N)c1. The van der Waals surface area contributed by atoms with E-state index in [1.807, 2.05) is 29.6 Å². The number of benzene rings is 1. The Balaban J connectivity index is 1.86. The van der Waals surface area contributed by atoms with E-state index >= 15 is 0 Å². The van der Waals surface area contributed by atoms with Crippen molar-refractivity contribution in [3.8, 4) is 28.7 Å². The van der Waals surface area contributed by atoms with Crippen molar-refractivity contribution < 1.29 is 13.9 Å². The second-order valence-corrected chi connectivity index (χ2v) is 7.75. The zero-order valence-electron chi connectivity index (χ0n) is 18.9. The number of nitriles is 1. The van der Waals surface area contributed by atoms with Gasteiger partial charge in [0, 0.05) is 17.7 Å². The molecule has 0 aliphatic rings. The Morgan fingerprint density at radius 3 is 2.82 bits per heavy atom. The molecule has 0 N–H and O–H groups in total. The van der Waals surface area contributed by atoms with E-state index in [0.717, 1.165) is 46.4 Å². The average molecular weight is 443 g/mol. The molecule has 0 radical (unpaired) electrons. The van der Waals surface area contributed by atoms with Crippen LogP contribution >= 0.6 is 0 Å². The predicted molar refractivity (Wildman–Crippen MR) is 124 cm³/mol. The number of hydrogen-bond acceptors (Lipinski definition) is 6. The maximum absolute atomic E-state index is 11.8. The number of fused-ring (bicyclic) bond motifs is 1. The van der Waals surface area contributed by atoms with E-state index in [0.29, 0.717) is 37.2 Å². The van der Waals surface area contributed by atoms with Gasteiger partial charge < -0.3 is 9.15 Å². The number of ether oxygens (including phenoxy) is 1. The molecule has 4 rings (SSSR count). The zero-order chi connectivity index (χ0) is 23.2. The van der Waals surface area contributed by atoms with Gasteiger partial charge in [0.2, 0.25) is 0 Å². The second-order valence-electron chi connectivity index (χ2n) is 7.75. The van der Waals surface area contributed by atoms with Crippen LogP contribution in [0.25, 0.3) is 28.1 Å². The normalized spacial score (nSPS) is 10.9. The largest absolute Gasteiger partial charge is 0.466 e. The fraction of sp³-hybridized carbons (Fsp3) is 0.308. The molecule has 3 heterocycles. The topological polar surface area (TPSA) is 93.4 Å². The fourth-order valence-corrected chi connectivity index (χ4v) is 4.12. The van der Waals surface area contributed by atoms with E-state index in [4.69, 9.17) is 14.3 Å². The Morgan fingerprint density at radius 2 is 2.09 bits per heavy atom. The minimum atomic E-state index is -0.178. The standard InChI is InChI=1S/C26H26N4O3/c1-3-20-12-13-22-25(19-9-7-8-18(14-19)15-27)21(10-5-6-11-24(31)32-4-2)26(29-30(20)22)23-16-28-17-33-23/h7-9,12-14,16-17H,3-6,10-11H2,1-2H3. The van der Waals surface area contributed by atoms with Gasteiger partial charge in [-0.05, 0) is 68.0 Å². The van der Waals surface area contributed by atoms with Crippen LogP contribution in [-0.4, -0.2) is 27.2 Å². The van der Waals surface area contributed by atoms with Gasteiger partial charge in [-0.25, -0.2) is 9.50 Å². The predicted octanol–water partition coefficient (Wildman–Crippen LogP) is 5.37. The molecule has 0 spiro atoms. The molecule has 0 saturated heterocycles. The van der Waals surface area contributed by atoms with Gasteiger partial charge in [0.25, 0.3) is 0 Å². The molecule has 0 unspecified atom stereocenters. The number of unbranched alkanes of at least 4 members (excludes halogenated alkanes) is 1. The van der Waals surface area contributed by atoms with E-state index in [2.05, 4.69) is 30.1 Å². The molecule has 168 valence electrons. The summed E-state index contributed by atoms with van der Waals surface area (Å²) in [6.45, 7) is 4.30. The lowest BCUT2D eigenvalue weighted by atomic mass is 9.93. The maximum Gasteiger partial charge on any atom is 0.305 e. The molecule has 0 aliphatic heterocycles. The van der Waals surface area contributed by atoms with Crippen LogP contribution in [0.1, 0.15) is 49.9 Å². The molecular weight excluding hydrogens is 416 g/mol. The van der Waals surface area contributed by atoms with E-state index in [1.54, 1.807) is 12.3 Å². The number of oxazole rings is 1. The summed E-state index contributed by atoms with van der Waals surface area (Å²) in [4.78, 5) is 15.9. The van der Waals surface area contributed by atoms with Crippen LogP contribution in [0.2, 0.25) is 0 Å². The molecule has 0 bridgehead atoms. The Hall–Kier alpha value is -3.92. The molecule has 4 aromatic rings. The lowest BCUT2D eigenvalue weighted by Gasteiger charge is -2.17. The molecule has 1 aromatic carbocycles. The first-order valence-electron chi connectivity index (χ1n) is 11.2. The van der Waals surface area contributed by atoms with Crippen molar-refractivity contribution in [2.75, 3.05) is 6.61 Å². The van der Waals surface area contributed by atoms with Gasteiger partial charge in [-0.15, -0.1) is 0 Å². The monoisotopic (exact) mass is 442 g/mol. The van der Waals surface area contributed by atoms with Gasteiger partial charge in [0.05, 0.1) is 30.0 Å². The van der Waals surface area contributed by atoms with Crippen molar-refractivity contribution in [3.63, 3.8) is 0 Å². The molecule has 0 amide bonds. The maximum atomic E-state index is 11.8.